The van der Waals surface area contributed by atoms with E-state index in [0.717, 1.165) is 57.8 Å². The first kappa shape index (κ1) is 67.3. The summed E-state index contributed by atoms with van der Waals surface area (Å²) >= 11 is 0. The van der Waals surface area contributed by atoms with Crippen LogP contribution in [0.1, 0.15) is 232 Å². The molecule has 0 bridgehead atoms. The van der Waals surface area contributed by atoms with Gasteiger partial charge in [-0.15, -0.1) is 0 Å². The number of hydrogen-bond acceptors (Lipinski definition) is 14. The van der Waals surface area contributed by atoms with E-state index in [1.165, 1.54) is 148 Å². The highest BCUT2D eigenvalue weighted by atomic mass is 16.7. The van der Waals surface area contributed by atoms with E-state index < -0.39 is 86.7 Å². The molecule has 0 amide bonds. The predicted molar refractivity (Wildman–Crippen MR) is 289 cm³/mol. The van der Waals surface area contributed by atoms with E-state index in [-0.39, 0.29) is 19.6 Å². The van der Waals surface area contributed by atoms with E-state index in [4.69, 9.17) is 28.4 Å². The molecule has 0 radical (unpaired) electrons. The number of esters is 1. The van der Waals surface area contributed by atoms with Crippen LogP contribution in [0.5, 0.6) is 0 Å². The second-order valence-corrected chi connectivity index (χ2v) is 20.8. The average Bonchev–Trinajstić information content (AvgIpc) is 3.39. The third kappa shape index (κ3) is 33.2. The molecule has 0 aromatic carbocycles. The quantitative estimate of drug-likeness (QED) is 0.0172. The fourth-order valence-electron chi connectivity index (χ4n) is 9.42. The molecule has 0 aliphatic carbocycles. The number of allylic oxidation sites excluding steroid dienone is 6. The van der Waals surface area contributed by atoms with E-state index >= 15 is 0 Å². The van der Waals surface area contributed by atoms with Crippen molar-refractivity contribution in [2.75, 3.05) is 33.0 Å². The van der Waals surface area contributed by atoms with Gasteiger partial charge < -0.3 is 64.2 Å². The SMILES string of the molecule is CC/C=C\C/C=C\C/C=C\CCCCCC(=O)OC(COCCCCCCCCCCCCCCCCCCCCCCCCCCCC)COC1OC(COC2OC(CO)C(O)C(O)C2O)C(O)C(O)C1O. The summed E-state index contributed by atoms with van der Waals surface area (Å²) in [7, 11) is 0. The molecule has 2 saturated heterocycles. The van der Waals surface area contributed by atoms with Crippen LogP contribution >= 0.6 is 0 Å². The highest BCUT2D eigenvalue weighted by molar-refractivity contribution is 5.69. The largest absolute Gasteiger partial charge is 0.457 e. The van der Waals surface area contributed by atoms with Crippen LogP contribution in [-0.2, 0) is 33.2 Å². The summed E-state index contributed by atoms with van der Waals surface area (Å²) < 4.78 is 34.3. The van der Waals surface area contributed by atoms with Crippen LogP contribution in [0.15, 0.2) is 36.5 Å². The van der Waals surface area contributed by atoms with Gasteiger partial charge in [0.1, 0.15) is 54.9 Å². The van der Waals surface area contributed by atoms with Gasteiger partial charge in [0, 0.05) is 13.0 Å². The number of aliphatic hydroxyl groups is 7. The first-order valence-electron chi connectivity index (χ1n) is 29.6. The Hall–Kier alpha value is -1.79. The van der Waals surface area contributed by atoms with Crippen LogP contribution in [0.2, 0.25) is 0 Å². The number of carbonyl (C=O) groups excluding carboxylic acids is 1. The van der Waals surface area contributed by atoms with Crippen LogP contribution < -0.4 is 0 Å². The Bertz CT molecular complexity index is 1350. The van der Waals surface area contributed by atoms with Crippen molar-refractivity contribution in [1.82, 2.24) is 0 Å². The number of rotatable bonds is 48. The Morgan fingerprint density at radius 2 is 0.890 bits per heavy atom. The maximum absolute atomic E-state index is 13.0. The van der Waals surface area contributed by atoms with Gasteiger partial charge in [0.2, 0.25) is 0 Å². The molecule has 2 aliphatic rings. The maximum Gasteiger partial charge on any atom is 0.306 e. The molecule has 0 aromatic rings. The molecule has 0 saturated carbocycles. The standard InChI is InChI=1S/C59H108O14/c1-3-5-7-9-11-13-15-17-18-19-20-21-22-23-24-25-26-27-28-29-31-33-35-37-39-41-43-68-45-48(71-51(61)42-40-38-36-34-32-30-16-14-12-10-8-6-4-2)46-69-58-57(67)55(65)53(63)50(73-58)47-70-59-56(66)54(64)52(62)49(44-60)72-59/h6,8,12,14,30,32,48-50,52-60,62-67H,3-5,7,9-11,13,15-29,31,33-47H2,1-2H3/b8-6-,14-12-,32-30-. The third-order valence-electron chi connectivity index (χ3n) is 14.2. The lowest BCUT2D eigenvalue weighted by molar-refractivity contribution is -0.332. The molecule has 14 nitrogen and oxygen atoms in total. The van der Waals surface area contributed by atoms with Crippen LogP contribution in [0.25, 0.3) is 0 Å². The van der Waals surface area contributed by atoms with Gasteiger partial charge in [0.05, 0.1) is 26.4 Å². The van der Waals surface area contributed by atoms with Gasteiger partial charge in [0.15, 0.2) is 12.6 Å². The van der Waals surface area contributed by atoms with Gasteiger partial charge in [-0.3, -0.25) is 4.79 Å². The van der Waals surface area contributed by atoms with Crippen LogP contribution in [0.3, 0.4) is 0 Å². The molecule has 73 heavy (non-hydrogen) atoms. The second-order valence-electron chi connectivity index (χ2n) is 20.8. The second kappa shape index (κ2) is 46.3. The summed E-state index contributed by atoms with van der Waals surface area (Å²) in [6.07, 6.45) is 38.1. The van der Waals surface area contributed by atoms with E-state index in [9.17, 15) is 40.5 Å². The number of unbranched alkanes of at least 4 members (excludes halogenated alkanes) is 28. The van der Waals surface area contributed by atoms with Crippen molar-refractivity contribution in [1.29, 1.82) is 0 Å². The summed E-state index contributed by atoms with van der Waals surface area (Å²) in [6.45, 7) is 3.57. The maximum atomic E-state index is 13.0. The minimum absolute atomic E-state index is 0.0525. The number of carbonyl (C=O) groups is 1. The molecule has 2 rings (SSSR count). The minimum Gasteiger partial charge on any atom is -0.457 e. The Morgan fingerprint density at radius 1 is 0.466 bits per heavy atom. The van der Waals surface area contributed by atoms with Gasteiger partial charge in [-0.1, -0.05) is 217 Å². The fraction of sp³-hybridized carbons (Fsp3) is 0.881. The molecule has 0 aromatic heterocycles. The molecule has 2 aliphatic heterocycles. The smallest absolute Gasteiger partial charge is 0.306 e. The fourth-order valence-corrected chi connectivity index (χ4v) is 9.42. The summed E-state index contributed by atoms with van der Waals surface area (Å²) in [5.74, 6) is -0.401. The number of ether oxygens (including phenoxy) is 6. The lowest BCUT2D eigenvalue weighted by Gasteiger charge is -2.42. The van der Waals surface area contributed by atoms with Crippen molar-refractivity contribution < 1.29 is 69.0 Å². The van der Waals surface area contributed by atoms with Crippen molar-refractivity contribution in [3.63, 3.8) is 0 Å². The van der Waals surface area contributed by atoms with Crippen LogP contribution in [0.4, 0.5) is 0 Å². The first-order chi connectivity index (χ1) is 35.6. The Morgan fingerprint density at radius 3 is 1.38 bits per heavy atom. The van der Waals surface area contributed by atoms with Crippen molar-refractivity contribution in [2.24, 2.45) is 0 Å². The Labute approximate surface area is 442 Å². The highest BCUT2D eigenvalue weighted by Gasteiger charge is 2.47. The van der Waals surface area contributed by atoms with Gasteiger partial charge in [-0.25, -0.2) is 0 Å². The molecule has 0 spiro atoms. The van der Waals surface area contributed by atoms with Gasteiger partial charge in [-0.2, -0.15) is 0 Å². The lowest BCUT2D eigenvalue weighted by atomic mass is 9.98. The zero-order valence-electron chi connectivity index (χ0n) is 45.9. The van der Waals surface area contributed by atoms with Crippen LogP contribution in [0, 0.1) is 0 Å². The number of hydrogen-bond donors (Lipinski definition) is 7. The minimum atomic E-state index is -1.71. The van der Waals surface area contributed by atoms with Crippen molar-refractivity contribution in [3.8, 4) is 0 Å². The molecule has 7 N–H and O–H groups in total. The van der Waals surface area contributed by atoms with Gasteiger partial charge >= 0.3 is 5.97 Å². The lowest BCUT2D eigenvalue weighted by Crippen LogP contribution is -2.61. The van der Waals surface area contributed by atoms with Crippen molar-refractivity contribution in [3.05, 3.63) is 36.5 Å². The van der Waals surface area contributed by atoms with Crippen molar-refractivity contribution >= 4 is 5.97 Å². The monoisotopic (exact) mass is 1040 g/mol. The highest BCUT2D eigenvalue weighted by Crippen LogP contribution is 2.27. The normalized spacial score (nSPS) is 25.2. The average molecular weight is 1040 g/mol. The van der Waals surface area contributed by atoms with E-state index in [0.29, 0.717) is 13.0 Å². The predicted octanol–water partition coefficient (Wildman–Crippen LogP) is 10.5. The zero-order chi connectivity index (χ0) is 53.0. The zero-order valence-corrected chi connectivity index (χ0v) is 45.9. The van der Waals surface area contributed by atoms with E-state index in [1.54, 1.807) is 0 Å². The third-order valence-corrected chi connectivity index (χ3v) is 14.2. The Balaban J connectivity index is 1.66. The molecular formula is C59H108O14. The summed E-state index contributed by atoms with van der Waals surface area (Å²) in [5.41, 5.74) is 0. The first-order valence-corrected chi connectivity index (χ1v) is 29.6. The van der Waals surface area contributed by atoms with Gasteiger partial charge in [0.25, 0.3) is 0 Å². The summed E-state index contributed by atoms with van der Waals surface area (Å²) in [4.78, 5) is 13.0. The molecular weight excluding hydrogens is 933 g/mol. The molecule has 2 heterocycles. The molecule has 428 valence electrons. The topological polar surface area (TPSA) is 214 Å². The molecule has 11 atom stereocenters. The summed E-state index contributed by atoms with van der Waals surface area (Å²) in [5, 5.41) is 72.3. The molecule has 2 fully saturated rings. The number of aliphatic hydroxyl groups excluding tert-OH is 7. The molecule has 14 heteroatoms. The Kier molecular flexibility index (Phi) is 42.7. The van der Waals surface area contributed by atoms with Crippen LogP contribution in [-0.4, -0.2) is 142 Å². The summed E-state index contributed by atoms with van der Waals surface area (Å²) in [6, 6.07) is 0. The van der Waals surface area contributed by atoms with Crippen molar-refractivity contribution in [2.45, 2.75) is 300 Å². The van der Waals surface area contributed by atoms with E-state index in [1.807, 2.05) is 0 Å². The van der Waals surface area contributed by atoms with Gasteiger partial charge in [-0.05, 0) is 44.9 Å². The van der Waals surface area contributed by atoms with E-state index in [2.05, 4.69) is 50.3 Å². The molecule has 11 unspecified atom stereocenters.